The lowest BCUT2D eigenvalue weighted by atomic mass is 9.78. The van der Waals surface area contributed by atoms with Gasteiger partial charge >= 0.3 is 6.01 Å². The molecular formula is C52H55F2N5+2. The van der Waals surface area contributed by atoms with Gasteiger partial charge in [-0.2, -0.15) is 8.78 Å². The summed E-state index contributed by atoms with van der Waals surface area (Å²) in [6, 6.07) is 25.3. The zero-order valence-electron chi connectivity index (χ0n) is 40.2. The summed E-state index contributed by atoms with van der Waals surface area (Å²) in [5.74, 6) is -2.93. The predicted octanol–water partition coefficient (Wildman–Crippen LogP) is 13.8. The van der Waals surface area contributed by atoms with E-state index in [0.717, 1.165) is 33.3 Å². The average Bonchev–Trinajstić information content (AvgIpc) is 3.77. The van der Waals surface area contributed by atoms with Gasteiger partial charge in [0.1, 0.15) is 5.82 Å². The van der Waals surface area contributed by atoms with Crippen molar-refractivity contribution in [2.45, 2.75) is 111 Å². The molecule has 0 saturated heterocycles. The number of pyridine rings is 2. The average molecular weight is 792 g/mol. The van der Waals surface area contributed by atoms with Crippen molar-refractivity contribution in [3.63, 3.8) is 0 Å². The molecule has 0 amide bonds. The Labute approximate surface area is 353 Å². The lowest BCUT2D eigenvalue weighted by Crippen LogP contribution is -2.22. The topological polar surface area (TPSA) is 36.7 Å². The van der Waals surface area contributed by atoms with Crippen LogP contribution in [0.3, 0.4) is 0 Å². The monoisotopic (exact) mass is 791 g/mol. The molecule has 0 radical (unpaired) electrons. The number of benzene rings is 4. The number of halogens is 2. The minimum atomic E-state index is -3.53. The zero-order chi connectivity index (χ0) is 45.9. The molecule has 4 heterocycles. The summed E-state index contributed by atoms with van der Waals surface area (Å²) in [5.41, 5.74) is 4.86. The second-order valence-corrected chi connectivity index (χ2v) is 19.9. The second kappa shape index (κ2) is 13.6. The van der Waals surface area contributed by atoms with Gasteiger partial charge in [-0.05, 0) is 78.3 Å². The molecule has 1 aliphatic rings. The third-order valence-corrected chi connectivity index (χ3v) is 11.3. The standard InChI is InChI=1S/C52H55F2N5/c1-48(2,3)33-24-26-55-45(31-33)59-43-21-16-25-56-46(43)38-23-22-34(30-44(38)59)52(53,54)36-27-35(49(4,5)6)28-37(29-36)57-32-58(42-20-14-13-19-41(42)57)47-39(50(7,8)9)17-15-18-40(47)51(10,11)12/h13-31H,1-12H3/q+2/i13D,14D,19D,20D. The second-order valence-electron chi connectivity index (χ2n) is 19.9. The van der Waals surface area contributed by atoms with Gasteiger partial charge in [-0.1, -0.05) is 126 Å². The number of aromatic nitrogens is 3. The van der Waals surface area contributed by atoms with Crippen LogP contribution in [0.15, 0.2) is 115 Å². The van der Waals surface area contributed by atoms with Gasteiger partial charge in [-0.15, -0.1) is 0 Å². The zero-order valence-corrected chi connectivity index (χ0v) is 36.2. The van der Waals surface area contributed by atoms with E-state index in [1.807, 2.05) is 73.9 Å². The van der Waals surface area contributed by atoms with Crippen LogP contribution in [-0.2, 0) is 27.6 Å². The first-order valence-corrected chi connectivity index (χ1v) is 20.2. The number of para-hydroxylation sites is 3. The molecule has 0 unspecified atom stereocenters. The normalized spacial score (nSPS) is 14.8. The van der Waals surface area contributed by atoms with Crippen molar-refractivity contribution >= 4 is 50.7 Å². The Bertz CT molecular complexity index is 3080. The summed E-state index contributed by atoms with van der Waals surface area (Å²) in [4.78, 5) is 9.40. The van der Waals surface area contributed by atoms with Gasteiger partial charge in [0.05, 0.1) is 22.0 Å². The van der Waals surface area contributed by atoms with Crippen LogP contribution in [0.25, 0.3) is 27.8 Å². The minimum Gasteiger partial charge on any atom is -0.292 e. The van der Waals surface area contributed by atoms with Crippen LogP contribution in [0.1, 0.15) is 122 Å². The fraction of sp³-hybridized carbons (Fsp3) is 0.327. The number of hydrogen-bond acceptors (Lipinski definition) is 2. The van der Waals surface area contributed by atoms with E-state index >= 15 is 8.78 Å². The molecule has 4 aromatic carbocycles. The third-order valence-electron chi connectivity index (χ3n) is 11.3. The summed E-state index contributed by atoms with van der Waals surface area (Å²) >= 11 is 0. The van der Waals surface area contributed by atoms with Gasteiger partial charge in [0.15, 0.2) is 0 Å². The van der Waals surface area contributed by atoms with Gasteiger partial charge in [0, 0.05) is 64.3 Å². The van der Waals surface area contributed by atoms with Crippen molar-refractivity contribution < 1.29 is 14.3 Å². The van der Waals surface area contributed by atoms with E-state index in [-0.39, 0.29) is 50.8 Å². The molecule has 7 aromatic rings. The highest BCUT2D eigenvalue weighted by Crippen LogP contribution is 2.46. The van der Waals surface area contributed by atoms with Crippen molar-refractivity contribution in [3.8, 4) is 5.82 Å². The van der Waals surface area contributed by atoms with Gasteiger partial charge < -0.3 is 0 Å². The highest BCUT2D eigenvalue weighted by atomic mass is 19.3. The Morgan fingerprint density at radius 1 is 0.576 bits per heavy atom. The van der Waals surface area contributed by atoms with Crippen LogP contribution in [-0.4, -0.2) is 20.5 Å². The molecule has 300 valence electrons. The minimum absolute atomic E-state index is 0.133. The Morgan fingerprint density at radius 2 is 1.20 bits per heavy atom. The fourth-order valence-corrected chi connectivity index (χ4v) is 7.97. The molecule has 1 aliphatic heterocycles. The largest absolute Gasteiger partial charge is 0.503 e. The third kappa shape index (κ3) is 6.99. The first-order chi connectivity index (χ1) is 29.2. The molecule has 8 rings (SSSR count). The van der Waals surface area contributed by atoms with Crippen molar-refractivity contribution in [2.75, 3.05) is 0 Å². The molecule has 0 N–H and O–H groups in total. The maximum atomic E-state index is 17.7. The van der Waals surface area contributed by atoms with E-state index < -0.39 is 23.4 Å². The number of fused-ring (bicyclic) bond motifs is 4. The highest BCUT2D eigenvalue weighted by Gasteiger charge is 2.44. The molecule has 7 heteroatoms. The molecular weight excluding hydrogens is 733 g/mol. The van der Waals surface area contributed by atoms with E-state index in [9.17, 15) is 2.74 Å². The van der Waals surface area contributed by atoms with Crippen LogP contribution >= 0.6 is 0 Å². The van der Waals surface area contributed by atoms with E-state index in [0.29, 0.717) is 28.1 Å². The van der Waals surface area contributed by atoms with Crippen LogP contribution in [0.4, 0.5) is 31.5 Å². The van der Waals surface area contributed by atoms with E-state index in [4.69, 9.17) is 7.73 Å². The molecule has 3 aromatic heterocycles. The SMILES string of the molecule is [2H]c1c([2H])c([2H])c2c(c1[2H])[N+](c1cc(C(C)(C)C)cc(C(F)(F)c3ccc4c5ncccc5n(-c5cc(C(C)(C)C)ccn5)c4c3)c1)=C=[N+]2c1c(C(C)(C)C)cccc1C(C)(C)C. The van der Waals surface area contributed by atoms with Crippen LogP contribution in [0.2, 0.25) is 0 Å². The number of rotatable bonds is 5. The van der Waals surface area contributed by atoms with Gasteiger partial charge in [0.25, 0.3) is 17.3 Å². The lowest BCUT2D eigenvalue weighted by molar-refractivity contribution is 0.0428. The summed E-state index contributed by atoms with van der Waals surface area (Å²) < 4.78 is 76.7. The van der Waals surface area contributed by atoms with Crippen LogP contribution in [0, 0.1) is 0 Å². The Morgan fingerprint density at radius 3 is 1.83 bits per heavy atom. The smallest absolute Gasteiger partial charge is 0.292 e. The summed E-state index contributed by atoms with van der Waals surface area (Å²) in [6.45, 7) is 24.8. The Hall–Kier alpha value is -5.78. The number of nitrogens with zero attached hydrogens (tertiary/aromatic N) is 5. The van der Waals surface area contributed by atoms with E-state index in [1.54, 1.807) is 29.1 Å². The molecule has 0 spiro atoms. The maximum Gasteiger partial charge on any atom is 0.503 e. The first-order valence-electron chi connectivity index (χ1n) is 22.2. The van der Waals surface area contributed by atoms with Crippen molar-refractivity contribution in [2.24, 2.45) is 0 Å². The van der Waals surface area contributed by atoms with Crippen LogP contribution in [0.5, 0.6) is 0 Å². The molecule has 0 saturated carbocycles. The molecule has 0 atom stereocenters. The Kier molecular flexibility index (Phi) is 8.14. The van der Waals surface area contributed by atoms with Crippen molar-refractivity contribution in [3.05, 3.63) is 149 Å². The fourth-order valence-electron chi connectivity index (χ4n) is 7.97. The lowest BCUT2D eigenvalue weighted by Gasteiger charge is -2.25. The summed E-state index contributed by atoms with van der Waals surface area (Å²) in [6.07, 6.45) is 3.45. The molecule has 59 heavy (non-hydrogen) atoms. The molecule has 5 nitrogen and oxygen atoms in total. The van der Waals surface area contributed by atoms with Gasteiger partial charge in [-0.3, -0.25) is 9.55 Å². The quantitative estimate of drug-likeness (QED) is 0.163. The van der Waals surface area contributed by atoms with Crippen LogP contribution < -0.4 is 9.15 Å². The molecule has 0 bridgehead atoms. The highest BCUT2D eigenvalue weighted by molar-refractivity contribution is 6.07. The molecule has 0 fully saturated rings. The number of hydrogen-bond donors (Lipinski definition) is 0. The van der Waals surface area contributed by atoms with E-state index in [1.165, 1.54) is 22.8 Å². The van der Waals surface area contributed by atoms with Gasteiger partial charge in [-0.25, -0.2) is 4.98 Å². The van der Waals surface area contributed by atoms with E-state index in [2.05, 4.69) is 73.3 Å². The molecule has 0 aliphatic carbocycles. The van der Waals surface area contributed by atoms with Crippen molar-refractivity contribution in [1.82, 2.24) is 23.7 Å². The number of alkyl halides is 2. The Balaban J connectivity index is 1.41. The maximum absolute atomic E-state index is 17.7. The predicted molar refractivity (Wildman–Crippen MR) is 241 cm³/mol. The first kappa shape index (κ1) is 35.2. The van der Waals surface area contributed by atoms with Gasteiger partial charge in [0.2, 0.25) is 11.4 Å². The van der Waals surface area contributed by atoms with Crippen molar-refractivity contribution in [1.29, 1.82) is 0 Å². The summed E-state index contributed by atoms with van der Waals surface area (Å²) in [7, 11) is 0. The summed E-state index contributed by atoms with van der Waals surface area (Å²) in [5, 5.41) is 0.717.